The zero-order valence-electron chi connectivity index (χ0n) is 12.0. The Morgan fingerprint density at radius 1 is 1.29 bits per heavy atom. The van der Waals surface area contributed by atoms with Crippen LogP contribution in [0.4, 0.5) is 0 Å². The van der Waals surface area contributed by atoms with Crippen molar-refractivity contribution in [1.29, 1.82) is 0 Å². The van der Waals surface area contributed by atoms with Crippen LogP contribution in [0.3, 0.4) is 0 Å². The van der Waals surface area contributed by atoms with Crippen LogP contribution in [0, 0.1) is 17.8 Å². The lowest BCUT2D eigenvalue weighted by Crippen LogP contribution is -2.47. The molecule has 1 aliphatic carbocycles. The third-order valence-corrected chi connectivity index (χ3v) is 4.64. The van der Waals surface area contributed by atoms with Gasteiger partial charge in [0, 0.05) is 6.04 Å². The molecule has 4 atom stereocenters. The first-order valence-electron chi connectivity index (χ1n) is 7.69. The molecule has 0 aromatic heterocycles. The van der Waals surface area contributed by atoms with Gasteiger partial charge in [-0.15, -0.1) is 0 Å². The molecule has 1 fully saturated rings. The second-order valence-corrected chi connectivity index (χ2v) is 6.03. The van der Waals surface area contributed by atoms with Gasteiger partial charge >= 0.3 is 0 Å². The minimum atomic E-state index is 0.550. The van der Waals surface area contributed by atoms with Crippen LogP contribution < -0.4 is 11.3 Å². The highest BCUT2D eigenvalue weighted by atomic mass is 15.2. The van der Waals surface area contributed by atoms with E-state index in [0.29, 0.717) is 6.04 Å². The normalized spacial score (nSPS) is 28.9. The maximum absolute atomic E-state index is 5.85. The van der Waals surface area contributed by atoms with Gasteiger partial charge in [0.05, 0.1) is 0 Å². The number of hydrogen-bond donors (Lipinski definition) is 2. The van der Waals surface area contributed by atoms with Crippen molar-refractivity contribution in [1.82, 2.24) is 5.43 Å². The van der Waals surface area contributed by atoms with Gasteiger partial charge in [-0.3, -0.25) is 11.3 Å². The van der Waals surface area contributed by atoms with E-state index in [9.17, 15) is 0 Å². The number of nitrogens with two attached hydrogens (primary N) is 1. The van der Waals surface area contributed by atoms with Crippen LogP contribution in [-0.2, 0) is 0 Å². The van der Waals surface area contributed by atoms with E-state index in [-0.39, 0.29) is 0 Å². The lowest BCUT2D eigenvalue weighted by Gasteiger charge is -2.37. The Morgan fingerprint density at radius 2 is 2.06 bits per heavy atom. The zero-order chi connectivity index (χ0) is 12.7. The van der Waals surface area contributed by atoms with Crippen molar-refractivity contribution in [3.63, 3.8) is 0 Å². The van der Waals surface area contributed by atoms with Crippen molar-refractivity contribution in [2.45, 2.75) is 78.2 Å². The molecule has 2 nitrogen and oxygen atoms in total. The molecule has 1 rings (SSSR count). The van der Waals surface area contributed by atoms with Crippen LogP contribution in [0.2, 0.25) is 0 Å². The minimum Gasteiger partial charge on any atom is -0.271 e. The molecule has 0 bridgehead atoms. The van der Waals surface area contributed by atoms with Crippen molar-refractivity contribution in [3.05, 3.63) is 0 Å². The number of nitrogens with one attached hydrogen (secondary N) is 1. The average molecular weight is 240 g/mol. The van der Waals surface area contributed by atoms with Crippen molar-refractivity contribution >= 4 is 0 Å². The van der Waals surface area contributed by atoms with Gasteiger partial charge in [-0.1, -0.05) is 52.9 Å². The first-order valence-corrected chi connectivity index (χ1v) is 7.69. The summed E-state index contributed by atoms with van der Waals surface area (Å²) in [4.78, 5) is 0. The highest BCUT2D eigenvalue weighted by Crippen LogP contribution is 2.34. The van der Waals surface area contributed by atoms with Crippen molar-refractivity contribution in [2.24, 2.45) is 23.6 Å². The maximum atomic E-state index is 5.85. The molecule has 0 spiro atoms. The smallest absolute Gasteiger partial charge is 0.0266 e. The van der Waals surface area contributed by atoms with Crippen LogP contribution in [0.1, 0.15) is 72.1 Å². The Bertz CT molecular complexity index is 193. The summed E-state index contributed by atoms with van der Waals surface area (Å²) >= 11 is 0. The zero-order valence-corrected chi connectivity index (χ0v) is 12.0. The fourth-order valence-electron chi connectivity index (χ4n) is 3.57. The molecule has 0 aromatic carbocycles. The second-order valence-electron chi connectivity index (χ2n) is 6.03. The molecule has 0 radical (unpaired) electrons. The quantitative estimate of drug-likeness (QED) is 0.524. The van der Waals surface area contributed by atoms with Gasteiger partial charge in [0.1, 0.15) is 0 Å². The van der Waals surface area contributed by atoms with E-state index in [2.05, 4.69) is 26.2 Å². The maximum Gasteiger partial charge on any atom is 0.0266 e. The van der Waals surface area contributed by atoms with Crippen molar-refractivity contribution in [3.8, 4) is 0 Å². The summed E-state index contributed by atoms with van der Waals surface area (Å²) in [5.74, 6) is 8.33. The standard InChI is InChI=1S/C15H32N2/c1-4-6-9-13(5-2)15(17-16)14-10-7-8-12(3)11-14/h12-15,17H,4-11,16H2,1-3H3. The molecule has 0 saturated heterocycles. The number of hydrazine groups is 1. The van der Waals surface area contributed by atoms with E-state index in [0.717, 1.165) is 17.8 Å². The Morgan fingerprint density at radius 3 is 2.59 bits per heavy atom. The van der Waals surface area contributed by atoms with E-state index in [1.165, 1.54) is 51.4 Å². The Labute approximate surface area is 108 Å². The van der Waals surface area contributed by atoms with Crippen LogP contribution in [0.5, 0.6) is 0 Å². The summed E-state index contributed by atoms with van der Waals surface area (Å²) in [7, 11) is 0. The van der Waals surface area contributed by atoms with E-state index in [1.54, 1.807) is 0 Å². The number of unbranched alkanes of at least 4 members (excludes halogenated alkanes) is 1. The molecule has 1 aliphatic rings. The molecule has 0 amide bonds. The van der Waals surface area contributed by atoms with Crippen LogP contribution in [0.15, 0.2) is 0 Å². The molecule has 2 heteroatoms. The predicted octanol–water partition coefficient (Wildman–Crippen LogP) is 3.86. The van der Waals surface area contributed by atoms with Crippen molar-refractivity contribution < 1.29 is 0 Å². The van der Waals surface area contributed by atoms with Crippen LogP contribution >= 0.6 is 0 Å². The number of hydrogen-bond acceptors (Lipinski definition) is 2. The van der Waals surface area contributed by atoms with Gasteiger partial charge < -0.3 is 0 Å². The molecular weight excluding hydrogens is 208 g/mol. The molecule has 1 saturated carbocycles. The van der Waals surface area contributed by atoms with Gasteiger partial charge in [-0.25, -0.2) is 0 Å². The second kappa shape index (κ2) is 8.10. The van der Waals surface area contributed by atoms with E-state index in [4.69, 9.17) is 5.84 Å². The molecule has 0 aromatic rings. The Balaban J connectivity index is 2.53. The first kappa shape index (κ1) is 15.0. The lowest BCUT2D eigenvalue weighted by atomic mass is 9.73. The topological polar surface area (TPSA) is 38.0 Å². The molecule has 0 aliphatic heterocycles. The third kappa shape index (κ3) is 4.59. The van der Waals surface area contributed by atoms with Gasteiger partial charge in [0.25, 0.3) is 0 Å². The van der Waals surface area contributed by atoms with E-state index < -0.39 is 0 Å². The van der Waals surface area contributed by atoms with Crippen LogP contribution in [-0.4, -0.2) is 6.04 Å². The first-order chi connectivity index (χ1) is 8.22. The molecule has 3 N–H and O–H groups in total. The molecule has 0 heterocycles. The Hall–Kier alpha value is -0.0800. The van der Waals surface area contributed by atoms with Crippen molar-refractivity contribution in [2.75, 3.05) is 0 Å². The van der Waals surface area contributed by atoms with Gasteiger partial charge in [-0.05, 0) is 37.0 Å². The SMILES string of the molecule is CCCCC(CC)C(NN)C1CCCC(C)C1. The fraction of sp³-hybridized carbons (Fsp3) is 1.00. The summed E-state index contributed by atoms with van der Waals surface area (Å²) in [5.41, 5.74) is 3.15. The minimum absolute atomic E-state index is 0.550. The summed E-state index contributed by atoms with van der Waals surface area (Å²) in [6, 6.07) is 0.550. The predicted molar refractivity (Wildman–Crippen MR) is 75.5 cm³/mol. The molecule has 102 valence electrons. The summed E-state index contributed by atoms with van der Waals surface area (Å²) in [6.45, 7) is 6.99. The lowest BCUT2D eigenvalue weighted by molar-refractivity contribution is 0.167. The van der Waals surface area contributed by atoms with Gasteiger partial charge in [-0.2, -0.15) is 0 Å². The average Bonchev–Trinajstić information content (AvgIpc) is 2.34. The fourth-order valence-corrected chi connectivity index (χ4v) is 3.57. The third-order valence-electron chi connectivity index (χ3n) is 4.64. The monoisotopic (exact) mass is 240 g/mol. The Kier molecular flexibility index (Phi) is 7.14. The molecule has 4 unspecified atom stereocenters. The van der Waals surface area contributed by atoms with E-state index >= 15 is 0 Å². The highest BCUT2D eigenvalue weighted by Gasteiger charge is 2.30. The summed E-state index contributed by atoms with van der Waals surface area (Å²) < 4.78 is 0. The molecule has 17 heavy (non-hydrogen) atoms. The van der Waals surface area contributed by atoms with Gasteiger partial charge in [0.15, 0.2) is 0 Å². The van der Waals surface area contributed by atoms with E-state index in [1.807, 2.05) is 0 Å². The summed E-state index contributed by atoms with van der Waals surface area (Å²) in [6.07, 6.45) is 10.8. The molecular formula is C15H32N2. The number of rotatable bonds is 7. The highest BCUT2D eigenvalue weighted by molar-refractivity contribution is 4.84. The summed E-state index contributed by atoms with van der Waals surface area (Å²) in [5, 5.41) is 0. The largest absolute Gasteiger partial charge is 0.271 e. The van der Waals surface area contributed by atoms with Crippen LogP contribution in [0.25, 0.3) is 0 Å². The van der Waals surface area contributed by atoms with Gasteiger partial charge in [0.2, 0.25) is 0 Å².